The number of aryl methyl sites for hydroxylation is 1. The second-order valence-electron chi connectivity index (χ2n) is 8.23. The molecular weight excluding hydrogens is 370 g/mol. The van der Waals surface area contributed by atoms with Crippen LogP contribution in [-0.2, 0) is 9.53 Å². The second kappa shape index (κ2) is 9.09. The summed E-state index contributed by atoms with van der Waals surface area (Å²) in [6, 6.07) is 4.45. The number of methoxy groups -OCH3 is 1. The molecule has 158 valence electrons. The lowest BCUT2D eigenvalue weighted by molar-refractivity contribution is -0.125. The van der Waals surface area contributed by atoms with Crippen LogP contribution in [0.4, 0.5) is 6.01 Å². The molecular formula is C21H31N5O3. The number of carbonyl (C=O) groups is 1. The monoisotopic (exact) mass is 401 g/mol. The van der Waals surface area contributed by atoms with Crippen LogP contribution in [0.15, 0.2) is 16.5 Å². The zero-order chi connectivity index (χ0) is 20.2. The Hall–Kier alpha value is -2.19. The van der Waals surface area contributed by atoms with E-state index < -0.39 is 0 Å². The van der Waals surface area contributed by atoms with Crippen molar-refractivity contribution in [1.82, 2.24) is 20.2 Å². The number of fused-ring (bicyclic) bond motifs is 1. The SMILES string of the molecule is COCCN1CCC(CNC(=O)C2CCN(c3nc4nc(C)ccc4o3)CC2)C1. The molecule has 2 fully saturated rings. The zero-order valence-corrected chi connectivity index (χ0v) is 17.4. The van der Waals surface area contributed by atoms with Gasteiger partial charge < -0.3 is 24.3 Å². The number of oxazole rings is 1. The normalized spacial score (nSPS) is 21.2. The Labute approximate surface area is 171 Å². The first-order valence-electron chi connectivity index (χ1n) is 10.6. The molecule has 0 aliphatic carbocycles. The van der Waals surface area contributed by atoms with Crippen LogP contribution in [0.25, 0.3) is 11.2 Å². The number of hydrogen-bond donors (Lipinski definition) is 1. The van der Waals surface area contributed by atoms with Crippen molar-refractivity contribution in [2.75, 3.05) is 57.9 Å². The van der Waals surface area contributed by atoms with E-state index in [9.17, 15) is 4.79 Å². The molecule has 4 heterocycles. The molecule has 8 heteroatoms. The summed E-state index contributed by atoms with van der Waals surface area (Å²) in [5.41, 5.74) is 2.29. The van der Waals surface area contributed by atoms with Gasteiger partial charge in [0.25, 0.3) is 6.01 Å². The molecule has 0 aromatic carbocycles. The molecule has 2 aliphatic rings. The van der Waals surface area contributed by atoms with Gasteiger partial charge in [-0.2, -0.15) is 4.98 Å². The summed E-state index contributed by atoms with van der Waals surface area (Å²) in [4.78, 5) is 26.1. The number of amides is 1. The first-order valence-corrected chi connectivity index (χ1v) is 10.6. The lowest BCUT2D eigenvalue weighted by Gasteiger charge is -2.30. The highest BCUT2D eigenvalue weighted by atomic mass is 16.5. The van der Waals surface area contributed by atoms with E-state index in [0.717, 1.165) is 70.8 Å². The van der Waals surface area contributed by atoms with E-state index in [1.54, 1.807) is 7.11 Å². The number of likely N-dealkylation sites (tertiary alicyclic amines) is 1. The number of piperidine rings is 1. The third-order valence-corrected chi connectivity index (χ3v) is 6.06. The summed E-state index contributed by atoms with van der Waals surface area (Å²) in [5.74, 6) is 0.809. The van der Waals surface area contributed by atoms with Crippen molar-refractivity contribution >= 4 is 23.2 Å². The molecule has 1 unspecified atom stereocenters. The van der Waals surface area contributed by atoms with Crippen LogP contribution >= 0.6 is 0 Å². The van der Waals surface area contributed by atoms with E-state index in [1.165, 1.54) is 0 Å². The molecule has 2 aromatic heterocycles. The fourth-order valence-electron chi connectivity index (χ4n) is 4.26. The number of anilines is 1. The number of pyridine rings is 1. The Morgan fingerprint density at radius 1 is 1.24 bits per heavy atom. The zero-order valence-electron chi connectivity index (χ0n) is 17.4. The van der Waals surface area contributed by atoms with Crippen LogP contribution < -0.4 is 10.2 Å². The molecule has 1 amide bonds. The van der Waals surface area contributed by atoms with Crippen molar-refractivity contribution in [3.05, 3.63) is 17.8 Å². The van der Waals surface area contributed by atoms with Gasteiger partial charge in [-0.05, 0) is 50.8 Å². The van der Waals surface area contributed by atoms with Gasteiger partial charge >= 0.3 is 0 Å². The Morgan fingerprint density at radius 2 is 2.07 bits per heavy atom. The first-order chi connectivity index (χ1) is 14.1. The number of nitrogens with zero attached hydrogens (tertiary/aromatic N) is 4. The fraction of sp³-hybridized carbons (Fsp3) is 0.667. The summed E-state index contributed by atoms with van der Waals surface area (Å²) in [6.07, 6.45) is 2.79. The molecule has 0 radical (unpaired) electrons. The average Bonchev–Trinajstić information content (AvgIpc) is 3.37. The molecule has 1 N–H and O–H groups in total. The van der Waals surface area contributed by atoms with Crippen molar-refractivity contribution in [2.45, 2.75) is 26.2 Å². The number of ether oxygens (including phenoxy) is 1. The minimum Gasteiger partial charge on any atom is -0.422 e. The second-order valence-corrected chi connectivity index (χ2v) is 8.23. The van der Waals surface area contributed by atoms with Crippen LogP contribution in [0.3, 0.4) is 0 Å². The molecule has 0 spiro atoms. The first kappa shape index (κ1) is 20.1. The van der Waals surface area contributed by atoms with Crippen LogP contribution in [-0.4, -0.2) is 73.8 Å². The average molecular weight is 402 g/mol. The Kier molecular flexibility index (Phi) is 6.30. The van der Waals surface area contributed by atoms with Gasteiger partial charge in [-0.25, -0.2) is 4.98 Å². The van der Waals surface area contributed by atoms with E-state index >= 15 is 0 Å². The van der Waals surface area contributed by atoms with Gasteiger partial charge in [0.2, 0.25) is 11.6 Å². The third-order valence-electron chi connectivity index (χ3n) is 6.06. The van der Waals surface area contributed by atoms with Crippen LogP contribution in [0.1, 0.15) is 25.0 Å². The highest BCUT2D eigenvalue weighted by Crippen LogP contribution is 2.26. The summed E-state index contributed by atoms with van der Waals surface area (Å²) < 4.78 is 11.0. The quantitative estimate of drug-likeness (QED) is 0.758. The minimum absolute atomic E-state index is 0.0713. The number of hydrogen-bond acceptors (Lipinski definition) is 7. The highest BCUT2D eigenvalue weighted by Gasteiger charge is 2.28. The maximum absolute atomic E-state index is 12.6. The topological polar surface area (TPSA) is 83.7 Å². The number of nitrogens with one attached hydrogen (secondary N) is 1. The Balaban J connectivity index is 1.22. The van der Waals surface area contributed by atoms with Crippen LogP contribution in [0.5, 0.6) is 0 Å². The van der Waals surface area contributed by atoms with E-state index in [0.29, 0.717) is 23.2 Å². The van der Waals surface area contributed by atoms with Gasteiger partial charge in [-0.1, -0.05) is 0 Å². The van der Waals surface area contributed by atoms with Crippen LogP contribution in [0.2, 0.25) is 0 Å². The van der Waals surface area contributed by atoms with Crippen molar-refractivity contribution < 1.29 is 13.9 Å². The molecule has 0 saturated carbocycles. The number of rotatable bonds is 7. The molecule has 4 rings (SSSR count). The maximum atomic E-state index is 12.6. The van der Waals surface area contributed by atoms with E-state index in [4.69, 9.17) is 9.15 Å². The predicted octanol–water partition coefficient (Wildman–Crippen LogP) is 1.83. The van der Waals surface area contributed by atoms with Gasteiger partial charge in [-0.3, -0.25) is 4.79 Å². The summed E-state index contributed by atoms with van der Waals surface area (Å²) in [7, 11) is 1.74. The smallest absolute Gasteiger partial charge is 0.299 e. The van der Waals surface area contributed by atoms with Gasteiger partial charge in [0.15, 0.2) is 5.58 Å². The van der Waals surface area contributed by atoms with E-state index in [2.05, 4.69) is 25.1 Å². The molecule has 1 atom stereocenters. The van der Waals surface area contributed by atoms with E-state index in [1.807, 2.05) is 19.1 Å². The van der Waals surface area contributed by atoms with Crippen molar-refractivity contribution in [3.63, 3.8) is 0 Å². The summed E-state index contributed by atoms with van der Waals surface area (Å²) in [6.45, 7) is 8.17. The minimum atomic E-state index is 0.0713. The molecule has 2 aliphatic heterocycles. The lowest BCUT2D eigenvalue weighted by atomic mass is 9.96. The van der Waals surface area contributed by atoms with Crippen molar-refractivity contribution in [2.24, 2.45) is 11.8 Å². The molecule has 2 saturated heterocycles. The molecule has 2 aromatic rings. The predicted molar refractivity (Wildman–Crippen MR) is 111 cm³/mol. The van der Waals surface area contributed by atoms with Gasteiger partial charge in [0, 0.05) is 51.4 Å². The maximum Gasteiger partial charge on any atom is 0.299 e. The lowest BCUT2D eigenvalue weighted by Crippen LogP contribution is -2.42. The van der Waals surface area contributed by atoms with E-state index in [-0.39, 0.29) is 11.8 Å². The Morgan fingerprint density at radius 3 is 2.86 bits per heavy atom. The fourth-order valence-corrected chi connectivity index (χ4v) is 4.26. The highest BCUT2D eigenvalue weighted by molar-refractivity contribution is 5.79. The van der Waals surface area contributed by atoms with Crippen molar-refractivity contribution in [3.8, 4) is 0 Å². The summed E-state index contributed by atoms with van der Waals surface area (Å²) >= 11 is 0. The largest absolute Gasteiger partial charge is 0.422 e. The molecule has 8 nitrogen and oxygen atoms in total. The number of carbonyl (C=O) groups excluding carboxylic acids is 1. The van der Waals surface area contributed by atoms with Crippen LogP contribution in [0, 0.1) is 18.8 Å². The van der Waals surface area contributed by atoms with Gasteiger partial charge in [0.05, 0.1) is 6.61 Å². The third kappa shape index (κ3) is 4.87. The molecule has 0 bridgehead atoms. The number of aromatic nitrogens is 2. The van der Waals surface area contributed by atoms with Gasteiger partial charge in [-0.15, -0.1) is 0 Å². The Bertz CT molecular complexity index is 831. The van der Waals surface area contributed by atoms with Crippen molar-refractivity contribution in [1.29, 1.82) is 0 Å². The summed E-state index contributed by atoms with van der Waals surface area (Å²) in [5, 5.41) is 3.19. The molecule has 29 heavy (non-hydrogen) atoms. The standard InChI is InChI=1S/C21H31N5O3/c1-15-3-4-18-19(23-15)24-21(29-18)26-9-6-17(7-10-26)20(27)22-13-16-5-8-25(14-16)11-12-28-2/h3-4,16-17H,5-14H2,1-2H3,(H,22,27). The van der Waals surface area contributed by atoms with Gasteiger partial charge in [0.1, 0.15) is 0 Å².